The fraction of sp³-hybridized carbons (Fsp3) is 0.160. The van der Waals surface area contributed by atoms with Crippen LogP contribution in [0, 0.1) is 5.82 Å². The lowest BCUT2D eigenvalue weighted by Gasteiger charge is -2.13. The molecule has 0 aliphatic heterocycles. The summed E-state index contributed by atoms with van der Waals surface area (Å²) in [6.45, 7) is 1.46. The number of benzene rings is 2. The second-order valence-corrected chi connectivity index (χ2v) is 9.86. The van der Waals surface area contributed by atoms with Crippen molar-refractivity contribution in [1.82, 2.24) is 10.3 Å². The summed E-state index contributed by atoms with van der Waals surface area (Å²) >= 11 is 0. The third-order valence-corrected chi connectivity index (χ3v) is 6.88. The first-order valence-electron chi connectivity index (χ1n) is 11.0. The molecule has 0 bridgehead atoms. The number of carbonyl (C=O) groups is 2. The topological polar surface area (TPSA) is 148 Å². The SMILES string of the molecule is CCS(=O)(=O)Nc1cc2oc(-c3ccc(F)cc3)c(C(=O)NC)c2cc1-c1ccc(OC)c(C(=O)O)n1. The number of carboxylic acid groups (broad SMARTS) is 1. The maximum absolute atomic E-state index is 13.5. The summed E-state index contributed by atoms with van der Waals surface area (Å²) in [6.07, 6.45) is 0. The summed E-state index contributed by atoms with van der Waals surface area (Å²) in [6, 6.07) is 11.1. The fourth-order valence-corrected chi connectivity index (χ4v) is 4.40. The molecule has 4 rings (SSSR count). The zero-order valence-corrected chi connectivity index (χ0v) is 20.8. The zero-order valence-electron chi connectivity index (χ0n) is 20.0. The van der Waals surface area contributed by atoms with Crippen molar-refractivity contribution in [3.8, 4) is 28.3 Å². The number of anilines is 1. The average Bonchev–Trinajstić information content (AvgIpc) is 3.25. The molecule has 0 saturated carbocycles. The number of hydrogen-bond acceptors (Lipinski definition) is 7. The first kappa shape index (κ1) is 25.6. The van der Waals surface area contributed by atoms with Gasteiger partial charge in [-0.15, -0.1) is 0 Å². The number of furan rings is 1. The molecule has 0 spiro atoms. The van der Waals surface area contributed by atoms with E-state index in [1.807, 2.05) is 0 Å². The van der Waals surface area contributed by atoms with Crippen molar-refractivity contribution >= 4 is 38.6 Å². The monoisotopic (exact) mass is 527 g/mol. The first-order chi connectivity index (χ1) is 17.6. The fourth-order valence-electron chi connectivity index (χ4n) is 3.75. The van der Waals surface area contributed by atoms with Gasteiger partial charge in [-0.1, -0.05) is 0 Å². The molecule has 4 aromatic rings. The van der Waals surface area contributed by atoms with Gasteiger partial charge in [0.25, 0.3) is 5.91 Å². The Hall–Kier alpha value is -4.45. The highest BCUT2D eigenvalue weighted by Crippen LogP contribution is 2.40. The lowest BCUT2D eigenvalue weighted by Crippen LogP contribution is -2.18. The maximum Gasteiger partial charge on any atom is 0.358 e. The largest absolute Gasteiger partial charge is 0.494 e. The summed E-state index contributed by atoms with van der Waals surface area (Å²) in [5, 5.41) is 12.4. The van der Waals surface area contributed by atoms with Gasteiger partial charge in [0.2, 0.25) is 10.0 Å². The first-order valence-corrected chi connectivity index (χ1v) is 12.6. The van der Waals surface area contributed by atoms with E-state index in [4.69, 9.17) is 9.15 Å². The van der Waals surface area contributed by atoms with Crippen LogP contribution in [0.25, 0.3) is 33.6 Å². The van der Waals surface area contributed by atoms with Crippen LogP contribution in [0.1, 0.15) is 27.8 Å². The van der Waals surface area contributed by atoms with Crippen molar-refractivity contribution in [1.29, 1.82) is 0 Å². The number of carbonyl (C=O) groups excluding carboxylic acids is 1. The molecule has 0 aliphatic rings. The predicted molar refractivity (Wildman–Crippen MR) is 135 cm³/mol. The van der Waals surface area contributed by atoms with Gasteiger partial charge in [-0.2, -0.15) is 0 Å². The van der Waals surface area contributed by atoms with E-state index in [9.17, 15) is 27.5 Å². The third kappa shape index (κ3) is 4.96. The van der Waals surface area contributed by atoms with Gasteiger partial charge in [0, 0.05) is 29.6 Å². The summed E-state index contributed by atoms with van der Waals surface area (Å²) in [5.74, 6) is -2.39. The Labute approximate surface area is 211 Å². The van der Waals surface area contributed by atoms with Crippen LogP contribution in [0.5, 0.6) is 5.75 Å². The van der Waals surface area contributed by atoms with Crippen molar-refractivity contribution in [2.24, 2.45) is 0 Å². The Balaban J connectivity index is 2.06. The molecule has 0 saturated heterocycles. The van der Waals surface area contributed by atoms with E-state index in [1.54, 1.807) is 0 Å². The number of rotatable bonds is 8. The highest BCUT2D eigenvalue weighted by atomic mass is 32.2. The molecule has 0 fully saturated rings. The van der Waals surface area contributed by atoms with Crippen molar-refractivity contribution in [3.63, 3.8) is 0 Å². The summed E-state index contributed by atoms with van der Waals surface area (Å²) < 4.78 is 52.0. The van der Waals surface area contributed by atoms with Gasteiger partial charge < -0.3 is 19.6 Å². The molecule has 2 aromatic heterocycles. The number of aromatic carboxylic acids is 1. The molecule has 0 aliphatic carbocycles. The number of aromatic nitrogens is 1. The Morgan fingerprint density at radius 2 is 1.84 bits per heavy atom. The van der Waals surface area contributed by atoms with E-state index in [2.05, 4.69) is 15.0 Å². The normalized spacial score (nSPS) is 11.4. The third-order valence-electron chi connectivity index (χ3n) is 5.59. The van der Waals surface area contributed by atoms with Gasteiger partial charge >= 0.3 is 5.97 Å². The summed E-state index contributed by atoms with van der Waals surface area (Å²) in [7, 11) is -1.04. The number of methoxy groups -OCH3 is 1. The molecule has 37 heavy (non-hydrogen) atoms. The van der Waals surface area contributed by atoms with E-state index in [-0.39, 0.29) is 51.0 Å². The molecule has 12 heteroatoms. The lowest BCUT2D eigenvalue weighted by molar-refractivity contribution is 0.0686. The number of halogens is 1. The van der Waals surface area contributed by atoms with E-state index in [0.29, 0.717) is 10.9 Å². The van der Waals surface area contributed by atoms with Crippen LogP contribution in [0.15, 0.2) is 52.9 Å². The molecule has 2 heterocycles. The van der Waals surface area contributed by atoms with Crippen LogP contribution >= 0.6 is 0 Å². The van der Waals surface area contributed by atoms with E-state index in [1.165, 1.54) is 69.6 Å². The Morgan fingerprint density at radius 3 is 2.43 bits per heavy atom. The van der Waals surface area contributed by atoms with Crippen LogP contribution < -0.4 is 14.8 Å². The number of carboxylic acids is 1. The van der Waals surface area contributed by atoms with Crippen molar-refractivity contribution in [2.45, 2.75) is 6.92 Å². The minimum atomic E-state index is -3.77. The number of pyridine rings is 1. The quantitative estimate of drug-likeness (QED) is 0.310. The average molecular weight is 528 g/mol. The van der Waals surface area contributed by atoms with Gasteiger partial charge in [0.15, 0.2) is 11.4 Å². The van der Waals surface area contributed by atoms with E-state index in [0.717, 1.165) is 0 Å². The summed E-state index contributed by atoms with van der Waals surface area (Å²) in [4.78, 5) is 28.8. The van der Waals surface area contributed by atoms with Gasteiger partial charge in [0.05, 0.1) is 29.8 Å². The second kappa shape index (κ2) is 9.90. The number of ether oxygens (including phenoxy) is 1. The summed E-state index contributed by atoms with van der Waals surface area (Å²) in [5.41, 5.74) is 0.711. The van der Waals surface area contributed by atoms with Crippen LogP contribution in [0.2, 0.25) is 0 Å². The molecule has 1 amide bonds. The number of hydrogen-bond donors (Lipinski definition) is 3. The number of sulfonamides is 1. The van der Waals surface area contributed by atoms with Crippen molar-refractivity contribution < 1.29 is 36.7 Å². The smallest absolute Gasteiger partial charge is 0.358 e. The van der Waals surface area contributed by atoms with Crippen LogP contribution in [0.4, 0.5) is 10.1 Å². The standard InChI is InChI=1S/C25H22FN3O7S/c1-4-37(33,34)29-18-12-20-16(11-15(18)17-9-10-19(35-3)22(28-17)25(31)32)21(24(30)27-2)23(36-20)13-5-7-14(26)8-6-13/h5-12,29H,4H2,1-3H3,(H,27,30)(H,31,32). The maximum atomic E-state index is 13.5. The van der Waals surface area contributed by atoms with E-state index < -0.39 is 27.7 Å². The Kier molecular flexibility index (Phi) is 6.86. The van der Waals surface area contributed by atoms with Crippen LogP contribution in [0.3, 0.4) is 0 Å². The Bertz CT molecular complexity index is 1630. The molecular weight excluding hydrogens is 505 g/mol. The Morgan fingerprint density at radius 1 is 1.14 bits per heavy atom. The molecular formula is C25H22FN3O7S. The lowest BCUT2D eigenvalue weighted by atomic mass is 10.0. The van der Waals surface area contributed by atoms with Crippen LogP contribution in [-0.2, 0) is 10.0 Å². The predicted octanol–water partition coefficient (Wildman–Crippen LogP) is 4.13. The van der Waals surface area contributed by atoms with Gasteiger partial charge in [-0.25, -0.2) is 22.6 Å². The van der Waals surface area contributed by atoms with E-state index >= 15 is 0 Å². The van der Waals surface area contributed by atoms with Gasteiger partial charge in [0.1, 0.15) is 17.2 Å². The van der Waals surface area contributed by atoms with Crippen molar-refractivity contribution in [2.75, 3.05) is 24.6 Å². The number of fused-ring (bicyclic) bond motifs is 1. The molecule has 0 radical (unpaired) electrons. The van der Waals surface area contributed by atoms with Gasteiger partial charge in [-0.3, -0.25) is 9.52 Å². The van der Waals surface area contributed by atoms with Crippen LogP contribution in [-0.4, -0.2) is 50.3 Å². The minimum absolute atomic E-state index is 0.0148. The minimum Gasteiger partial charge on any atom is -0.494 e. The molecule has 0 unspecified atom stereocenters. The zero-order chi connectivity index (χ0) is 26.9. The van der Waals surface area contributed by atoms with Crippen molar-refractivity contribution in [3.05, 3.63) is 65.6 Å². The molecule has 192 valence electrons. The highest BCUT2D eigenvalue weighted by Gasteiger charge is 2.25. The number of nitrogens with one attached hydrogen (secondary N) is 2. The second-order valence-electron chi connectivity index (χ2n) is 7.84. The molecule has 10 nitrogen and oxygen atoms in total. The molecule has 2 aromatic carbocycles. The van der Waals surface area contributed by atoms with Gasteiger partial charge in [-0.05, 0) is 49.4 Å². The number of nitrogens with zero attached hydrogens (tertiary/aromatic N) is 1. The molecule has 0 atom stereocenters. The number of amides is 1. The molecule has 3 N–H and O–H groups in total. The highest BCUT2D eigenvalue weighted by molar-refractivity contribution is 7.92.